The molecule has 0 saturated heterocycles. The lowest BCUT2D eigenvalue weighted by atomic mass is 10.1. The zero-order valence-electron chi connectivity index (χ0n) is 13.1. The molecule has 1 N–H and O–H groups in total. The zero-order valence-corrected chi connectivity index (χ0v) is 13.1. The number of hydrogen-bond acceptors (Lipinski definition) is 4. The van der Waals surface area contributed by atoms with Crippen LogP contribution in [0.1, 0.15) is 11.1 Å². The minimum atomic E-state index is -0.366. The van der Waals surface area contributed by atoms with Gasteiger partial charge in [-0.15, -0.1) is 0 Å². The third-order valence-electron chi connectivity index (χ3n) is 2.96. The summed E-state index contributed by atoms with van der Waals surface area (Å²) in [5.74, 6) is -0.172. The molecule has 0 atom stereocenters. The molecule has 23 heavy (non-hydrogen) atoms. The maximum Gasteiger partial charge on any atom is 0.170 e. The molecule has 4 nitrogen and oxygen atoms in total. The highest BCUT2D eigenvalue weighted by Crippen LogP contribution is 2.13. The second-order valence-electron chi connectivity index (χ2n) is 5.22. The van der Waals surface area contributed by atoms with Gasteiger partial charge >= 0.3 is 0 Å². The van der Waals surface area contributed by atoms with Gasteiger partial charge in [-0.1, -0.05) is 35.5 Å². The number of phenolic OH excluding ortho intramolecular Hbond substituents is 1. The summed E-state index contributed by atoms with van der Waals surface area (Å²) < 4.78 is 14.0. The molecule has 5 heteroatoms. The Kier molecular flexibility index (Phi) is 5.88. The second-order valence-corrected chi connectivity index (χ2v) is 5.22. The Morgan fingerprint density at radius 1 is 1.17 bits per heavy atom. The van der Waals surface area contributed by atoms with E-state index in [0.29, 0.717) is 18.0 Å². The molecule has 0 aromatic heterocycles. The predicted octanol–water partition coefficient (Wildman–Crippen LogP) is 3.48. The van der Waals surface area contributed by atoms with Crippen molar-refractivity contribution in [1.82, 2.24) is 4.90 Å². The summed E-state index contributed by atoms with van der Waals surface area (Å²) in [5, 5.41) is 13.3. The minimum Gasteiger partial charge on any atom is -0.508 e. The van der Waals surface area contributed by atoms with E-state index in [-0.39, 0.29) is 11.6 Å². The first-order valence-electron chi connectivity index (χ1n) is 7.13. The molecule has 2 aromatic rings. The highest BCUT2D eigenvalue weighted by Gasteiger charge is 2.07. The molecule has 0 aliphatic heterocycles. The summed E-state index contributed by atoms with van der Waals surface area (Å²) in [5.41, 5.74) is 1.61. The summed E-state index contributed by atoms with van der Waals surface area (Å²) in [4.78, 5) is 7.04. The Balaban J connectivity index is 2.26. The Morgan fingerprint density at radius 3 is 2.52 bits per heavy atom. The van der Waals surface area contributed by atoms with E-state index in [1.807, 2.05) is 19.0 Å². The van der Waals surface area contributed by atoms with Crippen molar-refractivity contribution in [3.8, 4) is 5.75 Å². The van der Waals surface area contributed by atoms with Crippen molar-refractivity contribution in [3.63, 3.8) is 0 Å². The maximum absolute atomic E-state index is 14.0. The lowest BCUT2D eigenvalue weighted by molar-refractivity contribution is 0.0618. The fourth-order valence-electron chi connectivity index (χ4n) is 1.81. The lowest BCUT2D eigenvalue weighted by Crippen LogP contribution is -2.14. The average molecular weight is 314 g/mol. The van der Waals surface area contributed by atoms with Crippen LogP contribution in [-0.4, -0.2) is 36.5 Å². The van der Waals surface area contributed by atoms with Crippen LogP contribution in [-0.2, 0) is 4.84 Å². The number of hydrogen-bond donors (Lipinski definition) is 1. The molecule has 0 aliphatic rings. The predicted molar refractivity (Wildman–Crippen MR) is 89.7 cm³/mol. The molecule has 0 spiro atoms. The normalized spacial score (nSPS) is 12.1. The molecule has 2 aromatic carbocycles. The van der Waals surface area contributed by atoms with Crippen LogP contribution in [0, 0.1) is 5.82 Å². The number of benzene rings is 2. The quantitative estimate of drug-likeness (QED) is 0.504. The summed E-state index contributed by atoms with van der Waals surface area (Å²) in [6.45, 7) is 0.297. The van der Waals surface area contributed by atoms with Crippen LogP contribution in [0.15, 0.2) is 59.8 Å². The van der Waals surface area contributed by atoms with Crippen LogP contribution in [0.4, 0.5) is 4.39 Å². The summed E-state index contributed by atoms with van der Waals surface area (Å²) in [7, 11) is 3.70. The van der Waals surface area contributed by atoms with E-state index >= 15 is 0 Å². The summed E-state index contributed by atoms with van der Waals surface area (Å²) in [6, 6.07) is 13.1. The van der Waals surface area contributed by atoms with Gasteiger partial charge < -0.3 is 9.94 Å². The fourth-order valence-corrected chi connectivity index (χ4v) is 1.81. The van der Waals surface area contributed by atoms with Crippen molar-refractivity contribution in [1.29, 1.82) is 0 Å². The summed E-state index contributed by atoms with van der Waals surface area (Å²) >= 11 is 0. The van der Waals surface area contributed by atoms with E-state index < -0.39 is 0 Å². The van der Waals surface area contributed by atoms with Crippen molar-refractivity contribution in [2.24, 2.45) is 5.16 Å². The first kappa shape index (κ1) is 16.7. The van der Waals surface area contributed by atoms with Crippen LogP contribution in [0.5, 0.6) is 5.75 Å². The van der Waals surface area contributed by atoms with Gasteiger partial charge in [0.05, 0.1) is 0 Å². The van der Waals surface area contributed by atoms with Crippen molar-refractivity contribution < 1.29 is 14.3 Å². The van der Waals surface area contributed by atoms with Crippen LogP contribution in [0.3, 0.4) is 0 Å². The Morgan fingerprint density at radius 2 is 1.87 bits per heavy atom. The number of oxime groups is 1. The number of phenols is 1. The molecule has 2 rings (SSSR count). The SMILES string of the molecule is CN(C)CON=C(C=Cc1ccc(O)cc1)c1ccccc1F. The second kappa shape index (κ2) is 8.10. The van der Waals surface area contributed by atoms with Crippen LogP contribution >= 0.6 is 0 Å². The fraction of sp³-hybridized carbons (Fsp3) is 0.167. The summed E-state index contributed by atoms with van der Waals surface area (Å²) in [6.07, 6.45) is 3.46. The van der Waals surface area contributed by atoms with E-state index in [4.69, 9.17) is 4.84 Å². The molecule has 0 heterocycles. The van der Waals surface area contributed by atoms with Gasteiger partial charge in [-0.05, 0) is 50.0 Å². The van der Waals surface area contributed by atoms with Gasteiger partial charge in [0, 0.05) is 5.56 Å². The smallest absolute Gasteiger partial charge is 0.170 e. The van der Waals surface area contributed by atoms with E-state index in [1.165, 1.54) is 6.07 Å². The number of nitrogens with zero attached hydrogens (tertiary/aromatic N) is 2. The first-order chi connectivity index (χ1) is 11.1. The molecular weight excluding hydrogens is 295 g/mol. The third-order valence-corrected chi connectivity index (χ3v) is 2.96. The maximum atomic E-state index is 14.0. The van der Waals surface area contributed by atoms with E-state index in [0.717, 1.165) is 5.56 Å². The molecule has 0 radical (unpaired) electrons. The van der Waals surface area contributed by atoms with Gasteiger partial charge in [0.1, 0.15) is 17.3 Å². The molecule has 0 aliphatic carbocycles. The average Bonchev–Trinajstić information content (AvgIpc) is 2.53. The lowest BCUT2D eigenvalue weighted by Gasteiger charge is -2.08. The van der Waals surface area contributed by atoms with Crippen LogP contribution in [0.2, 0.25) is 0 Å². The van der Waals surface area contributed by atoms with Crippen molar-refractivity contribution >= 4 is 11.8 Å². The largest absolute Gasteiger partial charge is 0.508 e. The molecular formula is C18H19FN2O2. The first-order valence-corrected chi connectivity index (χ1v) is 7.13. The van der Waals surface area contributed by atoms with Crippen molar-refractivity contribution in [2.45, 2.75) is 0 Å². The highest BCUT2D eigenvalue weighted by atomic mass is 19.1. The van der Waals surface area contributed by atoms with E-state index in [2.05, 4.69) is 5.16 Å². The number of rotatable bonds is 6. The molecule has 0 unspecified atom stereocenters. The molecule has 0 bridgehead atoms. The van der Waals surface area contributed by atoms with Gasteiger partial charge in [-0.3, -0.25) is 4.90 Å². The van der Waals surface area contributed by atoms with Crippen molar-refractivity contribution in [3.05, 3.63) is 71.6 Å². The van der Waals surface area contributed by atoms with Crippen LogP contribution < -0.4 is 0 Å². The van der Waals surface area contributed by atoms with Gasteiger partial charge in [0.25, 0.3) is 0 Å². The Labute approximate surface area is 135 Å². The molecule has 0 saturated carbocycles. The standard InChI is InChI=1S/C18H19FN2O2/c1-21(2)13-23-20-18(16-5-3-4-6-17(16)19)12-9-14-7-10-15(22)11-8-14/h3-12,22H,13H2,1-2H3. The topological polar surface area (TPSA) is 45.1 Å². The number of aromatic hydroxyl groups is 1. The number of halogens is 1. The minimum absolute atomic E-state index is 0.194. The monoisotopic (exact) mass is 314 g/mol. The van der Waals surface area contributed by atoms with Gasteiger partial charge in [0.15, 0.2) is 6.73 Å². The van der Waals surface area contributed by atoms with Crippen LogP contribution in [0.25, 0.3) is 6.08 Å². The van der Waals surface area contributed by atoms with Gasteiger partial charge in [0.2, 0.25) is 0 Å². The number of allylic oxidation sites excluding steroid dienone is 1. The van der Waals surface area contributed by atoms with E-state index in [1.54, 1.807) is 54.6 Å². The van der Waals surface area contributed by atoms with Gasteiger partial charge in [-0.25, -0.2) is 4.39 Å². The van der Waals surface area contributed by atoms with Crippen molar-refractivity contribution in [2.75, 3.05) is 20.8 Å². The molecule has 120 valence electrons. The highest BCUT2D eigenvalue weighted by molar-refractivity contribution is 6.10. The van der Waals surface area contributed by atoms with Gasteiger partial charge in [-0.2, -0.15) is 0 Å². The Hall–Kier alpha value is -2.66. The Bertz CT molecular complexity index is 694. The third kappa shape index (κ3) is 5.23. The van der Waals surface area contributed by atoms with E-state index in [9.17, 15) is 9.50 Å². The zero-order chi connectivity index (χ0) is 16.7. The molecule has 0 fully saturated rings. The molecule has 0 amide bonds.